The molecule has 7 heteroatoms. The highest BCUT2D eigenvalue weighted by molar-refractivity contribution is 7.12. The summed E-state index contributed by atoms with van der Waals surface area (Å²) >= 11 is 1.40. The first-order valence-corrected chi connectivity index (χ1v) is 8.56. The van der Waals surface area contributed by atoms with Crippen LogP contribution in [0.5, 0.6) is 5.75 Å². The first kappa shape index (κ1) is 16.3. The van der Waals surface area contributed by atoms with Crippen molar-refractivity contribution in [1.29, 1.82) is 0 Å². The van der Waals surface area contributed by atoms with Crippen LogP contribution in [0.25, 0.3) is 0 Å². The summed E-state index contributed by atoms with van der Waals surface area (Å²) in [6.07, 6.45) is 0.887. The zero-order chi connectivity index (χ0) is 16.9. The second-order valence-corrected chi connectivity index (χ2v) is 6.39. The van der Waals surface area contributed by atoms with E-state index in [0.717, 1.165) is 25.2 Å². The van der Waals surface area contributed by atoms with Gasteiger partial charge in [-0.3, -0.25) is 9.59 Å². The Kier molecular flexibility index (Phi) is 5.00. The molecule has 1 aliphatic rings. The van der Waals surface area contributed by atoms with Gasteiger partial charge in [0.05, 0.1) is 17.7 Å². The summed E-state index contributed by atoms with van der Waals surface area (Å²) in [6.45, 7) is 2.94. The van der Waals surface area contributed by atoms with E-state index in [0.29, 0.717) is 29.4 Å². The Balaban J connectivity index is 1.78. The molecule has 0 radical (unpaired) electrons. The number of nitrogens with zero attached hydrogens (tertiary/aromatic N) is 2. The van der Waals surface area contributed by atoms with Gasteiger partial charge in [-0.2, -0.15) is 0 Å². The van der Waals surface area contributed by atoms with Crippen LogP contribution in [0.15, 0.2) is 35.7 Å². The third kappa shape index (κ3) is 3.51. The van der Waals surface area contributed by atoms with Crippen molar-refractivity contribution >= 4 is 35.0 Å². The molecule has 2 amide bonds. The second-order valence-electron chi connectivity index (χ2n) is 5.44. The SMILES string of the molecule is COc1ccc(N2CCN(C=O)CC2)cc1NC(=O)c1cccs1. The molecule has 6 nitrogen and oxygen atoms in total. The van der Waals surface area contributed by atoms with Crippen LogP contribution in [0.2, 0.25) is 0 Å². The number of methoxy groups -OCH3 is 1. The summed E-state index contributed by atoms with van der Waals surface area (Å²) in [5.74, 6) is 0.474. The quantitative estimate of drug-likeness (QED) is 0.845. The summed E-state index contributed by atoms with van der Waals surface area (Å²) in [7, 11) is 1.58. The molecule has 2 aromatic rings. The smallest absolute Gasteiger partial charge is 0.265 e. The predicted molar refractivity (Wildman–Crippen MR) is 95.1 cm³/mol. The molecule has 1 N–H and O–H groups in total. The first-order valence-electron chi connectivity index (χ1n) is 7.68. The van der Waals surface area contributed by atoms with Gasteiger partial charge in [0.25, 0.3) is 5.91 Å². The van der Waals surface area contributed by atoms with E-state index in [1.54, 1.807) is 18.1 Å². The van der Waals surface area contributed by atoms with Crippen LogP contribution in [0.3, 0.4) is 0 Å². The third-order valence-electron chi connectivity index (χ3n) is 4.00. The van der Waals surface area contributed by atoms with Crippen molar-refractivity contribution in [3.8, 4) is 5.75 Å². The second kappa shape index (κ2) is 7.35. The van der Waals surface area contributed by atoms with Gasteiger partial charge in [0.2, 0.25) is 6.41 Å². The highest BCUT2D eigenvalue weighted by atomic mass is 32.1. The molecule has 3 rings (SSSR count). The normalized spacial score (nSPS) is 14.4. The topological polar surface area (TPSA) is 61.9 Å². The number of carbonyl (C=O) groups excluding carboxylic acids is 2. The number of hydrogen-bond donors (Lipinski definition) is 1. The van der Waals surface area contributed by atoms with Gasteiger partial charge in [-0.05, 0) is 29.6 Å². The van der Waals surface area contributed by atoms with Crippen LogP contribution in [0, 0.1) is 0 Å². The maximum atomic E-state index is 12.3. The average Bonchev–Trinajstić information content (AvgIpc) is 3.16. The summed E-state index contributed by atoms with van der Waals surface area (Å²) < 4.78 is 5.36. The van der Waals surface area contributed by atoms with Crippen molar-refractivity contribution < 1.29 is 14.3 Å². The number of thiophene rings is 1. The molecule has 0 atom stereocenters. The molecule has 2 heterocycles. The van der Waals surface area contributed by atoms with Crippen LogP contribution in [0.4, 0.5) is 11.4 Å². The Morgan fingerprint density at radius 1 is 1.25 bits per heavy atom. The molecule has 0 bridgehead atoms. The Labute approximate surface area is 144 Å². The van der Waals surface area contributed by atoms with Crippen LogP contribution < -0.4 is 15.0 Å². The number of benzene rings is 1. The van der Waals surface area contributed by atoms with Crippen LogP contribution >= 0.6 is 11.3 Å². The molecular weight excluding hydrogens is 326 g/mol. The van der Waals surface area contributed by atoms with Gasteiger partial charge in [-0.1, -0.05) is 6.07 Å². The summed E-state index contributed by atoms with van der Waals surface area (Å²) in [5.41, 5.74) is 1.65. The number of anilines is 2. The minimum absolute atomic E-state index is 0.147. The number of piperazine rings is 1. The van der Waals surface area contributed by atoms with Crippen molar-refractivity contribution in [2.75, 3.05) is 43.5 Å². The molecular formula is C17H19N3O3S. The summed E-state index contributed by atoms with van der Waals surface area (Å²) in [5, 5.41) is 4.79. The van der Waals surface area contributed by atoms with Gasteiger partial charge >= 0.3 is 0 Å². The van der Waals surface area contributed by atoms with Crippen molar-refractivity contribution in [1.82, 2.24) is 4.90 Å². The average molecular weight is 345 g/mol. The summed E-state index contributed by atoms with van der Waals surface area (Å²) in [4.78, 5) is 27.7. The highest BCUT2D eigenvalue weighted by Gasteiger charge is 2.18. The van der Waals surface area contributed by atoms with E-state index < -0.39 is 0 Å². The molecule has 0 saturated carbocycles. The van der Waals surface area contributed by atoms with Gasteiger partial charge in [-0.15, -0.1) is 11.3 Å². The number of rotatable bonds is 5. The molecule has 0 unspecified atom stereocenters. The standard InChI is InChI=1S/C17H19N3O3S/c1-23-15-5-4-13(20-8-6-19(12-21)7-9-20)11-14(15)18-17(22)16-3-2-10-24-16/h2-5,10-12H,6-9H2,1H3,(H,18,22). The Morgan fingerprint density at radius 3 is 2.67 bits per heavy atom. The lowest BCUT2D eigenvalue weighted by atomic mass is 10.2. The van der Waals surface area contributed by atoms with E-state index >= 15 is 0 Å². The molecule has 1 aromatic heterocycles. The zero-order valence-electron chi connectivity index (χ0n) is 13.4. The lowest BCUT2D eigenvalue weighted by molar-refractivity contribution is -0.118. The van der Waals surface area contributed by atoms with Gasteiger partial charge < -0.3 is 19.9 Å². The number of hydrogen-bond acceptors (Lipinski definition) is 5. The minimum atomic E-state index is -0.147. The molecule has 24 heavy (non-hydrogen) atoms. The number of nitrogens with one attached hydrogen (secondary N) is 1. The molecule has 1 aromatic carbocycles. The van der Waals surface area contributed by atoms with Gasteiger partial charge in [0.1, 0.15) is 5.75 Å². The minimum Gasteiger partial charge on any atom is -0.495 e. The van der Waals surface area contributed by atoms with E-state index in [4.69, 9.17) is 4.74 Å². The van der Waals surface area contributed by atoms with Crippen LogP contribution in [-0.2, 0) is 4.79 Å². The molecule has 1 fully saturated rings. The molecule has 1 aliphatic heterocycles. The van der Waals surface area contributed by atoms with Crippen molar-refractivity contribution in [3.05, 3.63) is 40.6 Å². The lowest BCUT2D eigenvalue weighted by Gasteiger charge is -2.34. The van der Waals surface area contributed by atoms with Gasteiger partial charge in [-0.25, -0.2) is 0 Å². The Hall–Kier alpha value is -2.54. The van der Waals surface area contributed by atoms with Gasteiger partial charge in [0, 0.05) is 31.9 Å². The fraction of sp³-hybridized carbons (Fsp3) is 0.294. The van der Waals surface area contributed by atoms with E-state index in [2.05, 4.69) is 10.2 Å². The Bertz CT molecular complexity index is 710. The highest BCUT2D eigenvalue weighted by Crippen LogP contribution is 2.30. The monoisotopic (exact) mass is 345 g/mol. The maximum absolute atomic E-state index is 12.3. The fourth-order valence-electron chi connectivity index (χ4n) is 2.67. The van der Waals surface area contributed by atoms with E-state index in [1.807, 2.05) is 29.6 Å². The number of amides is 2. The van der Waals surface area contributed by atoms with Crippen molar-refractivity contribution in [2.45, 2.75) is 0 Å². The molecule has 0 spiro atoms. The molecule has 126 valence electrons. The van der Waals surface area contributed by atoms with Gasteiger partial charge in [0.15, 0.2) is 0 Å². The van der Waals surface area contributed by atoms with Crippen LogP contribution in [-0.4, -0.2) is 50.5 Å². The molecule has 0 aliphatic carbocycles. The lowest BCUT2D eigenvalue weighted by Crippen LogP contribution is -2.45. The predicted octanol–water partition coefficient (Wildman–Crippen LogP) is 2.29. The van der Waals surface area contributed by atoms with E-state index in [-0.39, 0.29) is 5.91 Å². The number of carbonyl (C=O) groups is 2. The molecule has 1 saturated heterocycles. The number of ether oxygens (including phenoxy) is 1. The fourth-order valence-corrected chi connectivity index (χ4v) is 3.29. The van der Waals surface area contributed by atoms with E-state index in [9.17, 15) is 9.59 Å². The zero-order valence-corrected chi connectivity index (χ0v) is 14.2. The van der Waals surface area contributed by atoms with E-state index in [1.165, 1.54) is 11.3 Å². The summed E-state index contributed by atoms with van der Waals surface area (Å²) in [6, 6.07) is 9.37. The maximum Gasteiger partial charge on any atom is 0.265 e. The largest absolute Gasteiger partial charge is 0.495 e. The first-order chi connectivity index (χ1) is 11.7. The Morgan fingerprint density at radius 2 is 2.04 bits per heavy atom. The van der Waals surface area contributed by atoms with Crippen LogP contribution in [0.1, 0.15) is 9.67 Å². The third-order valence-corrected chi connectivity index (χ3v) is 4.87. The van der Waals surface area contributed by atoms with Crippen molar-refractivity contribution in [3.63, 3.8) is 0 Å². The van der Waals surface area contributed by atoms with Crippen molar-refractivity contribution in [2.24, 2.45) is 0 Å².